The van der Waals surface area contributed by atoms with Crippen LogP contribution in [0.25, 0.3) is 0 Å². The Morgan fingerprint density at radius 3 is 2.30 bits per heavy atom. The number of rotatable bonds is 6. The third kappa shape index (κ3) is 4.41. The Morgan fingerprint density at radius 1 is 1.15 bits per heavy atom. The first-order valence-electron chi connectivity index (χ1n) is 6.54. The van der Waals surface area contributed by atoms with Crippen molar-refractivity contribution in [3.63, 3.8) is 0 Å². The molecule has 1 aliphatic rings. The fourth-order valence-corrected chi connectivity index (χ4v) is 1.68. The van der Waals surface area contributed by atoms with Crippen LogP contribution in [0.5, 0.6) is 0 Å². The predicted octanol–water partition coefficient (Wildman–Crippen LogP) is 1.20. The number of benzene rings is 1. The number of amides is 2. The van der Waals surface area contributed by atoms with Crippen molar-refractivity contribution in [2.45, 2.75) is 12.8 Å². The zero-order chi connectivity index (χ0) is 14.4. The zero-order valence-corrected chi connectivity index (χ0v) is 11.1. The lowest BCUT2D eigenvalue weighted by Gasteiger charge is -2.07. The van der Waals surface area contributed by atoms with E-state index in [0.717, 1.165) is 18.5 Å². The summed E-state index contributed by atoms with van der Waals surface area (Å²) >= 11 is 0. The molecule has 20 heavy (non-hydrogen) atoms. The summed E-state index contributed by atoms with van der Waals surface area (Å²) in [5.41, 5.74) is 1.42. The van der Waals surface area contributed by atoms with Crippen LogP contribution in [0, 0.1) is 18.3 Å². The summed E-state index contributed by atoms with van der Waals surface area (Å²) in [4.78, 5) is 23.1. The average molecular weight is 271 g/mol. The van der Waals surface area contributed by atoms with Crippen LogP contribution >= 0.6 is 0 Å². The van der Waals surface area contributed by atoms with Gasteiger partial charge in [0.2, 0.25) is 11.8 Å². The molecule has 0 saturated heterocycles. The standard InChI is InChI=1S/C15H17N3O2/c1-2-9-16-10-14(19)17-12-5-7-13(8-6-12)18-15(20)11-3-4-11/h1,5-8,11,16H,3-4,9-10H2,(H,17,19)(H,18,20). The molecule has 2 amide bonds. The second-order valence-electron chi connectivity index (χ2n) is 4.70. The number of carbonyl (C=O) groups is 2. The molecule has 5 nitrogen and oxygen atoms in total. The van der Waals surface area contributed by atoms with E-state index < -0.39 is 0 Å². The fourth-order valence-electron chi connectivity index (χ4n) is 1.68. The number of hydrogen-bond acceptors (Lipinski definition) is 3. The van der Waals surface area contributed by atoms with Gasteiger partial charge in [-0.25, -0.2) is 0 Å². The number of nitrogens with one attached hydrogen (secondary N) is 3. The monoisotopic (exact) mass is 271 g/mol. The quantitative estimate of drug-likeness (QED) is 0.538. The van der Waals surface area contributed by atoms with Gasteiger partial charge in [-0.15, -0.1) is 6.42 Å². The van der Waals surface area contributed by atoms with Crippen LogP contribution in [0.4, 0.5) is 11.4 Å². The van der Waals surface area contributed by atoms with Crippen LogP contribution in [-0.2, 0) is 9.59 Å². The second kappa shape index (κ2) is 6.73. The molecule has 1 aromatic rings. The molecule has 0 heterocycles. The molecule has 0 radical (unpaired) electrons. The molecule has 1 fully saturated rings. The SMILES string of the molecule is C#CCNCC(=O)Nc1ccc(NC(=O)C2CC2)cc1. The predicted molar refractivity (Wildman–Crippen MR) is 78.1 cm³/mol. The molecular weight excluding hydrogens is 254 g/mol. The molecule has 1 aromatic carbocycles. The first kappa shape index (κ1) is 14.1. The summed E-state index contributed by atoms with van der Waals surface area (Å²) in [5.74, 6) is 2.49. The smallest absolute Gasteiger partial charge is 0.238 e. The van der Waals surface area contributed by atoms with E-state index in [9.17, 15) is 9.59 Å². The van der Waals surface area contributed by atoms with Crippen molar-refractivity contribution < 1.29 is 9.59 Å². The fraction of sp³-hybridized carbons (Fsp3) is 0.333. The van der Waals surface area contributed by atoms with Crippen molar-refractivity contribution in [2.24, 2.45) is 5.92 Å². The highest BCUT2D eigenvalue weighted by Gasteiger charge is 2.29. The minimum atomic E-state index is -0.157. The Bertz CT molecular complexity index is 527. The Kier molecular flexibility index (Phi) is 4.75. The van der Waals surface area contributed by atoms with Gasteiger partial charge in [0, 0.05) is 17.3 Å². The number of carbonyl (C=O) groups excluding carboxylic acids is 2. The molecule has 0 aliphatic heterocycles. The second-order valence-corrected chi connectivity index (χ2v) is 4.70. The number of hydrogen-bond donors (Lipinski definition) is 3. The number of anilines is 2. The van der Waals surface area contributed by atoms with Crippen molar-refractivity contribution in [1.29, 1.82) is 0 Å². The molecule has 104 valence electrons. The largest absolute Gasteiger partial charge is 0.326 e. The minimum absolute atomic E-state index is 0.0697. The van der Waals surface area contributed by atoms with Crippen LogP contribution in [0.3, 0.4) is 0 Å². The van der Waals surface area contributed by atoms with Gasteiger partial charge in [-0.3, -0.25) is 14.9 Å². The maximum atomic E-state index is 11.6. The maximum Gasteiger partial charge on any atom is 0.238 e. The van der Waals surface area contributed by atoms with Crippen molar-refractivity contribution in [1.82, 2.24) is 5.32 Å². The molecular formula is C15H17N3O2. The first-order valence-corrected chi connectivity index (χ1v) is 6.54. The van der Waals surface area contributed by atoms with Gasteiger partial charge in [0.1, 0.15) is 0 Å². The maximum absolute atomic E-state index is 11.6. The van der Waals surface area contributed by atoms with Crippen LogP contribution in [-0.4, -0.2) is 24.9 Å². The van der Waals surface area contributed by atoms with Crippen molar-refractivity contribution in [2.75, 3.05) is 23.7 Å². The topological polar surface area (TPSA) is 70.2 Å². The van der Waals surface area contributed by atoms with Gasteiger partial charge < -0.3 is 10.6 Å². The Hall–Kier alpha value is -2.32. The van der Waals surface area contributed by atoms with E-state index in [2.05, 4.69) is 21.9 Å². The van der Waals surface area contributed by atoms with Crippen LogP contribution < -0.4 is 16.0 Å². The highest BCUT2D eigenvalue weighted by molar-refractivity contribution is 5.95. The van der Waals surface area contributed by atoms with E-state index in [1.807, 2.05) is 0 Å². The summed E-state index contributed by atoms with van der Waals surface area (Å²) < 4.78 is 0. The van der Waals surface area contributed by atoms with Crippen LogP contribution in [0.1, 0.15) is 12.8 Å². The lowest BCUT2D eigenvalue weighted by atomic mass is 10.2. The number of terminal acetylenes is 1. The van der Waals surface area contributed by atoms with Gasteiger partial charge in [0.05, 0.1) is 13.1 Å². The highest BCUT2D eigenvalue weighted by atomic mass is 16.2. The molecule has 0 spiro atoms. The Balaban J connectivity index is 1.80. The van der Waals surface area contributed by atoms with Gasteiger partial charge >= 0.3 is 0 Å². The summed E-state index contributed by atoms with van der Waals surface area (Å²) in [5, 5.41) is 8.38. The third-order valence-corrected chi connectivity index (χ3v) is 2.90. The molecule has 1 aliphatic carbocycles. The van der Waals surface area contributed by atoms with Gasteiger partial charge in [-0.1, -0.05) is 5.92 Å². The van der Waals surface area contributed by atoms with Crippen molar-refractivity contribution in [3.05, 3.63) is 24.3 Å². The van der Waals surface area contributed by atoms with Crippen molar-refractivity contribution >= 4 is 23.2 Å². The summed E-state index contributed by atoms with van der Waals surface area (Å²) in [6.45, 7) is 0.532. The molecule has 0 unspecified atom stereocenters. The van der Waals surface area contributed by atoms with Gasteiger partial charge in [-0.2, -0.15) is 0 Å². The van der Waals surface area contributed by atoms with E-state index in [0.29, 0.717) is 12.2 Å². The Labute approximate surface area is 118 Å². The van der Waals surface area contributed by atoms with Crippen molar-refractivity contribution in [3.8, 4) is 12.3 Å². The average Bonchev–Trinajstić information content (AvgIpc) is 3.26. The minimum Gasteiger partial charge on any atom is -0.326 e. The summed E-state index contributed by atoms with van der Waals surface area (Å²) in [7, 11) is 0. The highest BCUT2D eigenvalue weighted by Crippen LogP contribution is 2.30. The summed E-state index contributed by atoms with van der Waals surface area (Å²) in [6, 6.07) is 7.04. The van der Waals surface area contributed by atoms with Gasteiger partial charge in [0.15, 0.2) is 0 Å². The van der Waals surface area contributed by atoms with Gasteiger partial charge in [0.25, 0.3) is 0 Å². The lowest BCUT2D eigenvalue weighted by Crippen LogP contribution is -2.28. The zero-order valence-electron chi connectivity index (χ0n) is 11.1. The van der Waals surface area contributed by atoms with E-state index >= 15 is 0 Å². The van der Waals surface area contributed by atoms with Crippen LogP contribution in [0.15, 0.2) is 24.3 Å². The molecule has 5 heteroatoms. The van der Waals surface area contributed by atoms with E-state index in [1.54, 1.807) is 24.3 Å². The molecule has 0 bridgehead atoms. The molecule has 2 rings (SSSR count). The lowest BCUT2D eigenvalue weighted by molar-refractivity contribution is -0.117. The summed E-state index contributed by atoms with van der Waals surface area (Å²) in [6.07, 6.45) is 7.02. The Morgan fingerprint density at radius 2 is 1.75 bits per heavy atom. The van der Waals surface area contributed by atoms with Crippen LogP contribution in [0.2, 0.25) is 0 Å². The first-order chi connectivity index (χ1) is 9.69. The molecule has 3 N–H and O–H groups in total. The van der Waals surface area contributed by atoms with Gasteiger partial charge in [-0.05, 0) is 37.1 Å². The van der Waals surface area contributed by atoms with E-state index in [4.69, 9.17) is 6.42 Å². The van der Waals surface area contributed by atoms with E-state index in [-0.39, 0.29) is 24.3 Å². The normalized spacial score (nSPS) is 13.3. The third-order valence-electron chi connectivity index (χ3n) is 2.90. The molecule has 0 atom stereocenters. The van der Waals surface area contributed by atoms with E-state index in [1.165, 1.54) is 0 Å². The molecule has 0 aromatic heterocycles. The molecule has 1 saturated carbocycles.